The summed E-state index contributed by atoms with van der Waals surface area (Å²) in [5, 5.41) is 10.2. The molecule has 0 fully saturated rings. The molecule has 0 atom stereocenters. The fraction of sp³-hybridized carbons (Fsp3) is 0.429. The molecule has 0 bridgehead atoms. The van der Waals surface area contributed by atoms with Crippen molar-refractivity contribution in [3.63, 3.8) is 0 Å². The molecule has 0 saturated heterocycles. The van der Waals surface area contributed by atoms with Crippen molar-refractivity contribution in [3.8, 4) is 0 Å². The van der Waals surface area contributed by atoms with Crippen LogP contribution in [0.2, 0.25) is 0 Å². The van der Waals surface area contributed by atoms with E-state index in [0.717, 1.165) is 13.0 Å². The maximum absolute atomic E-state index is 8.89. The first-order chi connectivity index (χ1) is 7.63. The third kappa shape index (κ3) is 1.85. The highest BCUT2D eigenvalue weighted by molar-refractivity contribution is 5.85. The second-order valence-electron chi connectivity index (χ2n) is 4.54. The highest BCUT2D eigenvalue weighted by Crippen LogP contribution is 2.24. The third-order valence-corrected chi connectivity index (χ3v) is 3.25. The van der Waals surface area contributed by atoms with Crippen LogP contribution in [0.25, 0.3) is 10.9 Å². The maximum Gasteiger partial charge on any atom is 0.0485 e. The lowest BCUT2D eigenvalue weighted by molar-refractivity contribution is 0.280. The van der Waals surface area contributed by atoms with Crippen LogP contribution < -0.4 is 0 Å². The molecule has 0 aliphatic carbocycles. The molecule has 0 saturated carbocycles. The van der Waals surface area contributed by atoms with E-state index in [2.05, 4.69) is 43.7 Å². The highest BCUT2D eigenvalue weighted by atomic mass is 16.3. The lowest BCUT2D eigenvalue weighted by Crippen LogP contribution is -1.98. The molecule has 0 aliphatic heterocycles. The molecule has 0 spiro atoms. The van der Waals surface area contributed by atoms with Gasteiger partial charge in [-0.05, 0) is 56.0 Å². The number of rotatable bonds is 3. The van der Waals surface area contributed by atoms with Gasteiger partial charge in [-0.25, -0.2) is 0 Å². The summed E-state index contributed by atoms with van der Waals surface area (Å²) in [6.45, 7) is 7.59. The summed E-state index contributed by atoms with van der Waals surface area (Å²) in [5.41, 5.74) is 5.27. The summed E-state index contributed by atoms with van der Waals surface area (Å²) in [4.78, 5) is 0. The van der Waals surface area contributed by atoms with E-state index in [1.807, 2.05) is 0 Å². The zero-order valence-electron chi connectivity index (χ0n) is 10.2. The van der Waals surface area contributed by atoms with E-state index in [-0.39, 0.29) is 6.61 Å². The van der Waals surface area contributed by atoms with Crippen molar-refractivity contribution in [2.24, 2.45) is 0 Å². The minimum Gasteiger partial charge on any atom is -0.396 e. The second-order valence-corrected chi connectivity index (χ2v) is 4.54. The molecule has 0 amide bonds. The number of aryl methyl sites for hydroxylation is 4. The Kier molecular flexibility index (Phi) is 3.01. The van der Waals surface area contributed by atoms with Crippen LogP contribution in [0.4, 0.5) is 0 Å². The van der Waals surface area contributed by atoms with Gasteiger partial charge in [-0.3, -0.25) is 0 Å². The smallest absolute Gasteiger partial charge is 0.0485 e. The number of hydrogen-bond donors (Lipinski definition) is 1. The average Bonchev–Trinajstić information content (AvgIpc) is 2.54. The molecule has 0 unspecified atom stereocenters. The molecule has 1 heterocycles. The molecule has 0 aliphatic rings. The molecule has 16 heavy (non-hydrogen) atoms. The van der Waals surface area contributed by atoms with Crippen molar-refractivity contribution >= 4 is 10.9 Å². The van der Waals surface area contributed by atoms with Gasteiger partial charge < -0.3 is 9.67 Å². The van der Waals surface area contributed by atoms with Crippen molar-refractivity contribution in [1.29, 1.82) is 0 Å². The standard InChI is InChI=1S/C14H19NO/c1-10-7-13-12(3)9-15(5-4-6-16)14(13)8-11(10)2/h7-9,16H,4-6H2,1-3H3. The first kappa shape index (κ1) is 11.2. The molecule has 2 heteroatoms. The SMILES string of the molecule is Cc1cc2c(C)cn(CCCO)c2cc1C. The lowest BCUT2D eigenvalue weighted by Gasteiger charge is -2.06. The summed E-state index contributed by atoms with van der Waals surface area (Å²) in [6, 6.07) is 4.50. The molecule has 1 N–H and O–H groups in total. The van der Waals surface area contributed by atoms with Crippen molar-refractivity contribution < 1.29 is 5.11 Å². The zero-order valence-corrected chi connectivity index (χ0v) is 10.2. The highest BCUT2D eigenvalue weighted by Gasteiger charge is 2.06. The summed E-state index contributed by atoms with van der Waals surface area (Å²) in [5.74, 6) is 0. The molecule has 2 rings (SSSR count). The van der Waals surface area contributed by atoms with Gasteiger partial charge >= 0.3 is 0 Å². The van der Waals surface area contributed by atoms with E-state index >= 15 is 0 Å². The van der Waals surface area contributed by atoms with Gasteiger partial charge in [0.1, 0.15) is 0 Å². The Morgan fingerprint density at radius 2 is 1.75 bits per heavy atom. The van der Waals surface area contributed by atoms with Crippen LogP contribution in [0, 0.1) is 20.8 Å². The molecular weight excluding hydrogens is 198 g/mol. The number of hydrogen-bond acceptors (Lipinski definition) is 1. The van der Waals surface area contributed by atoms with Crippen LogP contribution in [0.15, 0.2) is 18.3 Å². The van der Waals surface area contributed by atoms with Gasteiger partial charge in [0.15, 0.2) is 0 Å². The number of aromatic nitrogens is 1. The first-order valence-corrected chi connectivity index (χ1v) is 5.81. The van der Waals surface area contributed by atoms with Crippen molar-refractivity contribution in [2.45, 2.75) is 33.7 Å². The largest absolute Gasteiger partial charge is 0.396 e. The van der Waals surface area contributed by atoms with Crippen LogP contribution >= 0.6 is 0 Å². The summed E-state index contributed by atoms with van der Waals surface area (Å²) in [6.07, 6.45) is 3.00. The Hall–Kier alpha value is -1.28. The van der Waals surface area contributed by atoms with Gasteiger partial charge in [0.05, 0.1) is 0 Å². The number of nitrogens with zero attached hydrogens (tertiary/aromatic N) is 1. The van der Waals surface area contributed by atoms with Crippen molar-refractivity contribution in [2.75, 3.05) is 6.61 Å². The van der Waals surface area contributed by atoms with E-state index < -0.39 is 0 Å². The zero-order chi connectivity index (χ0) is 11.7. The van der Waals surface area contributed by atoms with E-state index in [1.165, 1.54) is 27.6 Å². The average molecular weight is 217 g/mol. The number of benzene rings is 1. The van der Waals surface area contributed by atoms with Crippen molar-refractivity contribution in [3.05, 3.63) is 35.0 Å². The van der Waals surface area contributed by atoms with Gasteiger partial charge in [-0.1, -0.05) is 0 Å². The molecule has 86 valence electrons. The van der Waals surface area contributed by atoms with Crippen LogP contribution in [0.1, 0.15) is 23.1 Å². The fourth-order valence-corrected chi connectivity index (χ4v) is 2.15. The Labute approximate surface area is 96.5 Å². The summed E-state index contributed by atoms with van der Waals surface area (Å²) in [7, 11) is 0. The lowest BCUT2D eigenvalue weighted by atomic mass is 10.1. The van der Waals surface area contributed by atoms with E-state index in [1.54, 1.807) is 0 Å². The quantitative estimate of drug-likeness (QED) is 0.840. The molecule has 1 aromatic heterocycles. The molecule has 2 aromatic rings. The van der Waals surface area contributed by atoms with Crippen LogP contribution in [0.5, 0.6) is 0 Å². The predicted octanol–water partition coefficient (Wildman–Crippen LogP) is 2.95. The Bertz CT molecular complexity index is 511. The summed E-state index contributed by atoms with van der Waals surface area (Å²) < 4.78 is 2.24. The normalized spacial score (nSPS) is 11.2. The molecule has 1 aromatic carbocycles. The van der Waals surface area contributed by atoms with Gasteiger partial charge in [-0.2, -0.15) is 0 Å². The van der Waals surface area contributed by atoms with Gasteiger partial charge in [0, 0.05) is 30.3 Å². The van der Waals surface area contributed by atoms with E-state index in [4.69, 9.17) is 5.11 Å². The molecule has 2 nitrogen and oxygen atoms in total. The number of fused-ring (bicyclic) bond motifs is 1. The third-order valence-electron chi connectivity index (χ3n) is 3.25. The fourth-order valence-electron chi connectivity index (χ4n) is 2.15. The Morgan fingerprint density at radius 3 is 2.44 bits per heavy atom. The monoisotopic (exact) mass is 217 g/mol. The first-order valence-electron chi connectivity index (χ1n) is 5.81. The maximum atomic E-state index is 8.89. The number of aliphatic hydroxyl groups excluding tert-OH is 1. The topological polar surface area (TPSA) is 25.2 Å². The predicted molar refractivity (Wildman–Crippen MR) is 67.9 cm³/mol. The van der Waals surface area contributed by atoms with Gasteiger partial charge in [-0.15, -0.1) is 0 Å². The number of aliphatic hydroxyl groups is 1. The van der Waals surface area contributed by atoms with Crippen LogP contribution in [-0.4, -0.2) is 16.3 Å². The van der Waals surface area contributed by atoms with Gasteiger partial charge in [0.2, 0.25) is 0 Å². The van der Waals surface area contributed by atoms with Crippen molar-refractivity contribution in [1.82, 2.24) is 4.57 Å². The van der Waals surface area contributed by atoms with Crippen LogP contribution in [-0.2, 0) is 6.54 Å². The second kappa shape index (κ2) is 4.30. The van der Waals surface area contributed by atoms with Gasteiger partial charge in [0.25, 0.3) is 0 Å². The Balaban J connectivity index is 2.55. The Morgan fingerprint density at radius 1 is 1.06 bits per heavy atom. The van der Waals surface area contributed by atoms with E-state index in [0.29, 0.717) is 0 Å². The minimum absolute atomic E-state index is 0.254. The minimum atomic E-state index is 0.254. The molecule has 0 radical (unpaired) electrons. The summed E-state index contributed by atoms with van der Waals surface area (Å²) >= 11 is 0. The van der Waals surface area contributed by atoms with E-state index in [9.17, 15) is 0 Å². The molecular formula is C14H19NO. The van der Waals surface area contributed by atoms with Crippen LogP contribution in [0.3, 0.4) is 0 Å².